The van der Waals surface area contributed by atoms with E-state index in [4.69, 9.17) is 19.5 Å². The van der Waals surface area contributed by atoms with Gasteiger partial charge in [0, 0.05) is 37.7 Å². The van der Waals surface area contributed by atoms with Crippen LogP contribution in [0.25, 0.3) is 55.4 Å². The van der Waals surface area contributed by atoms with E-state index in [1.165, 1.54) is 6.20 Å². The monoisotopic (exact) mass is 547 g/mol. The van der Waals surface area contributed by atoms with Crippen molar-refractivity contribution in [1.29, 1.82) is 0 Å². The van der Waals surface area contributed by atoms with E-state index in [1.54, 1.807) is 54.6 Å². The van der Waals surface area contributed by atoms with Crippen molar-refractivity contribution in [3.63, 3.8) is 0 Å². The predicted molar refractivity (Wildman–Crippen MR) is 172 cm³/mol. The smallest absolute Gasteiger partial charge is 0.144 e. The third kappa shape index (κ3) is 4.66. The van der Waals surface area contributed by atoms with Crippen LogP contribution in [0.15, 0.2) is 101 Å². The molecular weight excluding hydrogens is 498 g/mol. The predicted octanol–water partition coefficient (Wildman–Crippen LogP) is 11.3. The fraction of sp³-hybridized carbons (Fsp3) is 0.256. The number of benzene rings is 4. The van der Waals surface area contributed by atoms with Gasteiger partial charge in [-0.2, -0.15) is 0 Å². The number of fused-ring (bicyclic) bond motifs is 3. The topological polar surface area (TPSA) is 26.0 Å². The molecule has 2 heterocycles. The number of hydrogen-bond acceptors (Lipinski definition) is 2. The molecule has 0 atom stereocenters. The second-order valence-corrected chi connectivity index (χ2v) is 11.6. The Morgan fingerprint density at radius 1 is 0.805 bits per heavy atom. The average Bonchev–Trinajstić information content (AvgIpc) is 3.50. The molecule has 1 saturated carbocycles. The molecule has 0 aliphatic heterocycles. The third-order valence-electron chi connectivity index (χ3n) is 8.40. The van der Waals surface area contributed by atoms with Gasteiger partial charge < -0.3 is 4.42 Å². The van der Waals surface area contributed by atoms with Crippen LogP contribution in [0.3, 0.4) is 0 Å². The largest absolute Gasteiger partial charge is 0.455 e. The summed E-state index contributed by atoms with van der Waals surface area (Å²) in [6.07, 6.45) is 4.06. The Morgan fingerprint density at radius 3 is 2.24 bits per heavy atom. The minimum atomic E-state index is -2.64. The lowest BCUT2D eigenvalue weighted by atomic mass is 9.71. The number of rotatable bonds is 4. The van der Waals surface area contributed by atoms with Crippen LogP contribution in [-0.2, 0) is 0 Å². The second kappa shape index (κ2) is 10.0. The minimum Gasteiger partial charge on any atom is -0.455 e. The van der Waals surface area contributed by atoms with E-state index in [0.29, 0.717) is 57.2 Å². The van der Waals surface area contributed by atoms with Crippen molar-refractivity contribution in [2.45, 2.75) is 59.1 Å². The highest BCUT2D eigenvalue weighted by Gasteiger charge is 2.28. The number of pyridine rings is 1. The van der Waals surface area contributed by atoms with Crippen LogP contribution in [0, 0.1) is 19.1 Å². The normalized spacial score (nSPS) is 21.1. The molecule has 1 aliphatic carbocycles. The molecular formula is C39H37NO. The van der Waals surface area contributed by atoms with Gasteiger partial charge >= 0.3 is 0 Å². The maximum atomic E-state index is 9.31. The Labute approximate surface area is 259 Å². The molecule has 7 rings (SSSR count). The van der Waals surface area contributed by atoms with Gasteiger partial charge in [0.1, 0.15) is 11.2 Å². The van der Waals surface area contributed by atoms with Crippen LogP contribution in [0.1, 0.15) is 78.6 Å². The van der Waals surface area contributed by atoms with Crippen LogP contribution in [0.4, 0.5) is 0 Å². The Kier molecular flexibility index (Phi) is 3.85. The van der Waals surface area contributed by atoms with Crippen molar-refractivity contribution < 1.29 is 20.9 Å². The minimum absolute atomic E-state index is 0.00307. The van der Waals surface area contributed by atoms with E-state index in [9.17, 15) is 1.37 Å². The molecule has 0 spiro atoms. The van der Waals surface area contributed by atoms with Crippen LogP contribution >= 0.6 is 0 Å². The maximum Gasteiger partial charge on any atom is 0.144 e. The quantitative estimate of drug-likeness (QED) is 0.219. The number of nitrogens with zero attached hydrogens (tertiary/aromatic N) is 1. The van der Waals surface area contributed by atoms with Crippen LogP contribution in [-0.4, -0.2) is 4.98 Å². The van der Waals surface area contributed by atoms with Crippen LogP contribution in [0.5, 0.6) is 0 Å². The zero-order chi connectivity index (χ0) is 38.4. The van der Waals surface area contributed by atoms with Gasteiger partial charge in [-0.25, -0.2) is 0 Å². The maximum absolute atomic E-state index is 9.31. The summed E-state index contributed by atoms with van der Waals surface area (Å²) in [6, 6.07) is 14.8. The molecule has 1 aliphatic rings. The Bertz CT molecular complexity index is 2400. The summed E-state index contributed by atoms with van der Waals surface area (Å²) in [5.41, 5.74) is 2.67. The summed E-state index contributed by atoms with van der Waals surface area (Å²) >= 11 is 0. The van der Waals surface area contributed by atoms with Gasteiger partial charge in [-0.1, -0.05) is 92.6 Å². The molecule has 2 heteroatoms. The van der Waals surface area contributed by atoms with Gasteiger partial charge in [-0.05, 0) is 96.2 Å². The highest BCUT2D eigenvalue weighted by Crippen LogP contribution is 2.44. The lowest BCUT2D eigenvalue weighted by Gasteiger charge is -2.34. The Hall–Kier alpha value is -4.17. The molecule has 0 amide bonds. The molecule has 0 bridgehead atoms. The molecule has 0 unspecified atom stereocenters. The fourth-order valence-electron chi connectivity index (χ4n) is 5.95. The first-order valence-electron chi connectivity index (χ1n) is 19.9. The van der Waals surface area contributed by atoms with Gasteiger partial charge in [-0.3, -0.25) is 4.98 Å². The zero-order valence-corrected chi connectivity index (χ0v) is 23.0. The fourth-order valence-corrected chi connectivity index (χ4v) is 5.95. The number of furan rings is 1. The van der Waals surface area contributed by atoms with E-state index in [2.05, 4.69) is 18.8 Å². The van der Waals surface area contributed by atoms with E-state index in [0.717, 1.165) is 12.8 Å². The van der Waals surface area contributed by atoms with Gasteiger partial charge in [0.15, 0.2) is 0 Å². The molecule has 2 nitrogen and oxygen atoms in total. The first-order chi connectivity index (χ1) is 24.7. The lowest BCUT2D eigenvalue weighted by molar-refractivity contribution is 0.224. The van der Waals surface area contributed by atoms with E-state index >= 15 is 0 Å². The summed E-state index contributed by atoms with van der Waals surface area (Å²) < 4.78 is 108. The first kappa shape index (κ1) is 15.7. The molecule has 204 valence electrons. The molecule has 0 saturated heterocycles. The Morgan fingerprint density at radius 2 is 1.51 bits per heavy atom. The van der Waals surface area contributed by atoms with Crippen LogP contribution < -0.4 is 0 Å². The molecule has 0 N–H and O–H groups in total. The van der Waals surface area contributed by atoms with Crippen molar-refractivity contribution in [2.24, 2.45) is 5.41 Å². The Balaban J connectivity index is 1.43. The number of aromatic nitrogens is 1. The number of para-hydroxylation sites is 2. The second-order valence-electron chi connectivity index (χ2n) is 11.6. The van der Waals surface area contributed by atoms with E-state index in [-0.39, 0.29) is 45.3 Å². The van der Waals surface area contributed by atoms with E-state index in [1.807, 2.05) is 6.07 Å². The van der Waals surface area contributed by atoms with E-state index < -0.39 is 37.7 Å². The summed E-state index contributed by atoms with van der Waals surface area (Å²) in [7, 11) is 0. The van der Waals surface area contributed by atoms with Crippen molar-refractivity contribution in [1.82, 2.24) is 4.98 Å². The first-order valence-corrected chi connectivity index (χ1v) is 13.9. The SMILES string of the molecule is [2H]c1c([2H])c([2H])c(-c2cccc3c2oc2c(-c4cc(-c5ccc(C6([2H])CCC(C)(C)CC6)cc5C([2H])([2H])[2H])c(C([2H])([2H])[2H])cn4)cccc23)c([2H])c1[2H]. The highest BCUT2D eigenvalue weighted by molar-refractivity contribution is 6.12. The summed E-state index contributed by atoms with van der Waals surface area (Å²) in [5, 5.41) is 1.28. The molecule has 2 aromatic heterocycles. The van der Waals surface area contributed by atoms with Crippen molar-refractivity contribution in [3.8, 4) is 33.5 Å². The van der Waals surface area contributed by atoms with Crippen molar-refractivity contribution >= 4 is 21.9 Å². The summed E-state index contributed by atoms with van der Waals surface area (Å²) in [5.74, 6) is -0.963. The number of hydrogen-bond donors (Lipinski definition) is 0. The number of aryl methyl sites for hydroxylation is 2. The molecule has 6 aromatic rings. The van der Waals surface area contributed by atoms with Crippen LogP contribution in [0.2, 0.25) is 0 Å². The van der Waals surface area contributed by atoms with Gasteiger partial charge in [0.25, 0.3) is 0 Å². The van der Waals surface area contributed by atoms with Gasteiger partial charge in [0.05, 0.1) is 12.5 Å². The molecule has 1 fully saturated rings. The lowest BCUT2D eigenvalue weighted by Crippen LogP contribution is -2.20. The van der Waals surface area contributed by atoms with Crippen molar-refractivity contribution in [2.75, 3.05) is 0 Å². The summed E-state index contributed by atoms with van der Waals surface area (Å²) in [6.45, 7) is -0.913. The third-order valence-corrected chi connectivity index (χ3v) is 8.40. The highest BCUT2D eigenvalue weighted by atomic mass is 16.3. The average molecular weight is 548 g/mol. The standard InChI is InChI=1S/C39H37NO/c1-25-22-29(27-18-20-39(3,4)21-19-27)16-17-30(25)35-23-36(40-24-26(35)2)34-15-9-14-33-32-13-8-12-31(37(32)41-38(33)34)28-10-6-5-7-11-28/h5-17,22-24,27H,18-21H2,1-4H3/i1D3,2D3,5D,6D,7D,10D,11D,27D. The van der Waals surface area contributed by atoms with Crippen molar-refractivity contribution in [3.05, 3.63) is 114 Å². The molecule has 0 radical (unpaired) electrons. The zero-order valence-electron chi connectivity index (χ0n) is 35.0. The van der Waals surface area contributed by atoms with Gasteiger partial charge in [0.2, 0.25) is 0 Å². The van der Waals surface area contributed by atoms with Gasteiger partial charge in [-0.15, -0.1) is 0 Å². The summed E-state index contributed by atoms with van der Waals surface area (Å²) in [4.78, 5) is 4.55. The molecule has 4 aromatic carbocycles. The molecule has 41 heavy (non-hydrogen) atoms.